The highest BCUT2D eigenvalue weighted by atomic mass is 16.1. The molecule has 0 amide bonds. The molecule has 0 aliphatic carbocycles. The molecule has 7 heteroatoms. The molecule has 0 aliphatic rings. The van der Waals surface area contributed by atoms with Crippen LogP contribution in [0.15, 0.2) is 59.7 Å². The highest BCUT2D eigenvalue weighted by Crippen LogP contribution is 2.15. The van der Waals surface area contributed by atoms with Gasteiger partial charge in [-0.05, 0) is 24.6 Å². The lowest BCUT2D eigenvalue weighted by molar-refractivity contribution is 0.722. The van der Waals surface area contributed by atoms with Gasteiger partial charge < -0.3 is 5.73 Å². The number of benzene rings is 2. The molecule has 0 unspecified atom stereocenters. The van der Waals surface area contributed by atoms with E-state index in [1.54, 1.807) is 4.57 Å². The number of aromatic nitrogens is 5. The van der Waals surface area contributed by atoms with E-state index in [0.29, 0.717) is 23.7 Å². The van der Waals surface area contributed by atoms with E-state index in [4.69, 9.17) is 5.73 Å². The van der Waals surface area contributed by atoms with Gasteiger partial charge >= 0.3 is 0 Å². The van der Waals surface area contributed by atoms with Crippen molar-refractivity contribution in [2.24, 2.45) is 0 Å². The first-order chi connectivity index (χ1) is 12.1. The first kappa shape index (κ1) is 15.1. The van der Waals surface area contributed by atoms with Gasteiger partial charge in [-0.15, -0.1) is 10.2 Å². The fourth-order valence-electron chi connectivity index (χ4n) is 2.75. The van der Waals surface area contributed by atoms with Crippen LogP contribution in [-0.2, 0) is 6.54 Å². The molecule has 4 aromatic rings. The van der Waals surface area contributed by atoms with Crippen LogP contribution in [0.5, 0.6) is 0 Å². The summed E-state index contributed by atoms with van der Waals surface area (Å²) in [7, 11) is 0. The number of fused-ring (bicyclic) bond motifs is 1. The fourth-order valence-corrected chi connectivity index (χ4v) is 2.75. The van der Waals surface area contributed by atoms with E-state index < -0.39 is 0 Å². The first-order valence-electron chi connectivity index (χ1n) is 7.84. The van der Waals surface area contributed by atoms with Gasteiger partial charge in [0.1, 0.15) is 6.33 Å². The Labute approximate surface area is 143 Å². The van der Waals surface area contributed by atoms with E-state index in [0.717, 1.165) is 16.7 Å². The number of nitrogen functional groups attached to an aromatic ring is 1. The fraction of sp³-hybridized carbons (Fsp3) is 0.111. The zero-order valence-electron chi connectivity index (χ0n) is 13.6. The van der Waals surface area contributed by atoms with Crippen LogP contribution in [0.4, 0.5) is 5.69 Å². The van der Waals surface area contributed by atoms with Crippen LogP contribution in [0.3, 0.4) is 0 Å². The quantitative estimate of drug-likeness (QED) is 0.579. The molecular weight excluding hydrogens is 316 g/mol. The maximum atomic E-state index is 13.0. The number of nitrogens with zero attached hydrogens (tertiary/aromatic N) is 5. The summed E-state index contributed by atoms with van der Waals surface area (Å²) >= 11 is 0. The van der Waals surface area contributed by atoms with Gasteiger partial charge in [-0.25, -0.2) is 0 Å². The van der Waals surface area contributed by atoms with E-state index in [1.165, 1.54) is 10.8 Å². The van der Waals surface area contributed by atoms with Gasteiger partial charge in [-0.3, -0.25) is 9.36 Å². The van der Waals surface area contributed by atoms with Crippen molar-refractivity contribution in [2.45, 2.75) is 13.5 Å². The predicted octanol–water partition coefficient (Wildman–Crippen LogP) is 1.89. The second-order valence-electron chi connectivity index (χ2n) is 5.93. The van der Waals surface area contributed by atoms with Crippen LogP contribution in [0.2, 0.25) is 0 Å². The zero-order valence-corrected chi connectivity index (χ0v) is 13.6. The summed E-state index contributed by atoms with van der Waals surface area (Å²) < 4.78 is 3.08. The summed E-state index contributed by atoms with van der Waals surface area (Å²) in [6.45, 7) is 2.34. The van der Waals surface area contributed by atoms with Gasteiger partial charge in [0, 0.05) is 11.3 Å². The summed E-state index contributed by atoms with van der Waals surface area (Å²) in [4.78, 5) is 13.0. The first-order valence-corrected chi connectivity index (χ1v) is 7.84. The third-order valence-electron chi connectivity index (χ3n) is 4.03. The Kier molecular flexibility index (Phi) is 3.53. The van der Waals surface area contributed by atoms with Crippen LogP contribution in [0.1, 0.15) is 11.1 Å². The number of rotatable bonds is 3. The molecule has 4 rings (SSSR count). The lowest BCUT2D eigenvalue weighted by Crippen LogP contribution is -2.26. The normalized spacial score (nSPS) is 11.1. The lowest BCUT2D eigenvalue weighted by atomic mass is 10.1. The van der Waals surface area contributed by atoms with Gasteiger partial charge in [-0.2, -0.15) is 9.61 Å². The van der Waals surface area contributed by atoms with Crippen molar-refractivity contribution in [3.63, 3.8) is 0 Å². The zero-order chi connectivity index (χ0) is 17.4. The smallest absolute Gasteiger partial charge is 0.282 e. The molecule has 0 radical (unpaired) electrons. The lowest BCUT2D eigenvalue weighted by Gasteiger charge is -2.10. The van der Waals surface area contributed by atoms with Crippen LogP contribution < -0.4 is 11.3 Å². The van der Waals surface area contributed by atoms with E-state index >= 15 is 0 Å². The summed E-state index contributed by atoms with van der Waals surface area (Å²) in [5, 5.41) is 12.3. The van der Waals surface area contributed by atoms with E-state index in [2.05, 4.69) is 15.3 Å². The SMILES string of the molecule is Cc1ccc(-c2nn3cnnc3n(Cc3cccc(N)c3)c2=O)cc1. The topological polar surface area (TPSA) is 91.1 Å². The average molecular weight is 332 g/mol. The van der Waals surface area contributed by atoms with Crippen molar-refractivity contribution in [2.75, 3.05) is 5.73 Å². The minimum Gasteiger partial charge on any atom is -0.399 e. The van der Waals surface area contributed by atoms with Crippen molar-refractivity contribution >= 4 is 11.5 Å². The highest BCUT2D eigenvalue weighted by molar-refractivity contribution is 5.59. The Morgan fingerprint density at radius 3 is 2.68 bits per heavy atom. The highest BCUT2D eigenvalue weighted by Gasteiger charge is 2.15. The molecule has 124 valence electrons. The molecule has 0 aliphatic heterocycles. The maximum Gasteiger partial charge on any atom is 0.282 e. The maximum absolute atomic E-state index is 13.0. The van der Waals surface area contributed by atoms with Crippen molar-refractivity contribution < 1.29 is 0 Å². The number of nitrogens with two attached hydrogens (primary N) is 1. The Bertz CT molecular complexity index is 1110. The van der Waals surface area contributed by atoms with Gasteiger partial charge in [0.25, 0.3) is 11.3 Å². The standard InChI is InChI=1S/C18H16N6O/c1-12-5-7-14(8-6-12)16-17(25)23(18-21-20-11-24(18)22-16)10-13-3-2-4-15(19)9-13/h2-9,11H,10,19H2,1H3. The number of hydrogen-bond donors (Lipinski definition) is 1. The number of anilines is 1. The van der Waals surface area contributed by atoms with Crippen LogP contribution >= 0.6 is 0 Å². The second kappa shape index (κ2) is 5.86. The summed E-state index contributed by atoms with van der Waals surface area (Å²) in [5.41, 5.74) is 9.42. The van der Waals surface area contributed by atoms with E-state index in [-0.39, 0.29) is 5.56 Å². The predicted molar refractivity (Wildman–Crippen MR) is 95.2 cm³/mol. The van der Waals surface area contributed by atoms with E-state index in [9.17, 15) is 4.79 Å². The summed E-state index contributed by atoms with van der Waals surface area (Å²) in [6, 6.07) is 15.1. The molecule has 2 aromatic carbocycles. The molecule has 25 heavy (non-hydrogen) atoms. The molecule has 0 atom stereocenters. The van der Waals surface area contributed by atoms with Crippen molar-refractivity contribution in [1.29, 1.82) is 0 Å². The Morgan fingerprint density at radius 2 is 1.92 bits per heavy atom. The van der Waals surface area contributed by atoms with Crippen LogP contribution in [0.25, 0.3) is 17.0 Å². The van der Waals surface area contributed by atoms with Gasteiger partial charge in [-0.1, -0.05) is 42.0 Å². The summed E-state index contributed by atoms with van der Waals surface area (Å²) in [6.07, 6.45) is 1.49. The number of aryl methyl sites for hydroxylation is 1. The van der Waals surface area contributed by atoms with Crippen molar-refractivity contribution in [3.05, 3.63) is 76.3 Å². The Balaban J connectivity index is 1.90. The largest absolute Gasteiger partial charge is 0.399 e. The molecule has 7 nitrogen and oxygen atoms in total. The molecule has 0 spiro atoms. The third kappa shape index (κ3) is 2.76. The molecule has 2 N–H and O–H groups in total. The van der Waals surface area contributed by atoms with Crippen molar-refractivity contribution in [1.82, 2.24) is 24.4 Å². The van der Waals surface area contributed by atoms with Crippen LogP contribution in [-0.4, -0.2) is 24.4 Å². The minimum atomic E-state index is -0.216. The molecule has 0 fully saturated rings. The molecule has 0 saturated heterocycles. The molecule has 2 heterocycles. The molecule has 0 saturated carbocycles. The molecule has 0 bridgehead atoms. The minimum absolute atomic E-state index is 0.216. The number of hydrogen-bond acceptors (Lipinski definition) is 5. The average Bonchev–Trinajstić information content (AvgIpc) is 3.06. The van der Waals surface area contributed by atoms with Gasteiger partial charge in [0.15, 0.2) is 5.69 Å². The second-order valence-corrected chi connectivity index (χ2v) is 5.93. The van der Waals surface area contributed by atoms with Crippen LogP contribution in [0, 0.1) is 6.92 Å². The Hall–Kier alpha value is -3.48. The van der Waals surface area contributed by atoms with Gasteiger partial charge in [0.2, 0.25) is 0 Å². The van der Waals surface area contributed by atoms with Gasteiger partial charge in [0.05, 0.1) is 6.54 Å². The molecular formula is C18H16N6O. The molecule has 2 aromatic heterocycles. The third-order valence-corrected chi connectivity index (χ3v) is 4.03. The van der Waals surface area contributed by atoms with Crippen molar-refractivity contribution in [3.8, 4) is 11.3 Å². The van der Waals surface area contributed by atoms with E-state index in [1.807, 2.05) is 55.5 Å². The summed E-state index contributed by atoms with van der Waals surface area (Å²) in [5.74, 6) is 0.392. The Morgan fingerprint density at radius 1 is 1.12 bits per heavy atom. The monoisotopic (exact) mass is 332 g/mol.